The maximum absolute atomic E-state index is 13.1. The second-order valence-electron chi connectivity index (χ2n) is 8.87. The van der Waals surface area contributed by atoms with Crippen molar-refractivity contribution in [3.05, 3.63) is 18.2 Å². The number of imide groups is 1. The number of anilines is 1. The Morgan fingerprint density at radius 2 is 2.00 bits per heavy atom. The van der Waals surface area contributed by atoms with E-state index < -0.39 is 40.0 Å². The van der Waals surface area contributed by atoms with Crippen molar-refractivity contribution in [1.29, 1.82) is 0 Å². The van der Waals surface area contributed by atoms with Crippen molar-refractivity contribution in [3.63, 3.8) is 0 Å². The van der Waals surface area contributed by atoms with E-state index in [1.807, 2.05) is 6.92 Å². The number of urea groups is 1. The summed E-state index contributed by atoms with van der Waals surface area (Å²) in [6.07, 6.45) is 3.20. The summed E-state index contributed by atoms with van der Waals surface area (Å²) < 4.78 is 37.8. The Morgan fingerprint density at radius 3 is 2.68 bits per heavy atom. The van der Waals surface area contributed by atoms with Crippen LogP contribution in [0, 0.1) is 5.92 Å². The molecule has 2 N–H and O–H groups in total. The quantitative estimate of drug-likeness (QED) is 0.567. The SMILES string of the molecule is COc1ccc(S(=O)(=O)N2CCOCC2)cc1NC(=O)CN1C(=O)N[C@]2(CCCC[C@H]2C)C1=O. The number of ether oxygens (including phenoxy) is 2. The summed E-state index contributed by atoms with van der Waals surface area (Å²) in [7, 11) is -2.40. The highest BCUT2D eigenvalue weighted by molar-refractivity contribution is 7.89. The first-order valence-electron chi connectivity index (χ1n) is 11.4. The van der Waals surface area contributed by atoms with Gasteiger partial charge in [-0.15, -0.1) is 0 Å². The number of benzene rings is 1. The molecule has 2 atom stereocenters. The number of morpholine rings is 1. The molecule has 4 rings (SSSR count). The lowest BCUT2D eigenvalue weighted by Crippen LogP contribution is -2.54. The van der Waals surface area contributed by atoms with Gasteiger partial charge in [0.15, 0.2) is 0 Å². The lowest BCUT2D eigenvalue weighted by Gasteiger charge is -2.36. The number of carbonyl (C=O) groups excluding carboxylic acids is 3. The maximum Gasteiger partial charge on any atom is 0.325 e. The van der Waals surface area contributed by atoms with E-state index in [9.17, 15) is 22.8 Å². The second-order valence-corrected chi connectivity index (χ2v) is 10.8. The summed E-state index contributed by atoms with van der Waals surface area (Å²) in [6.45, 7) is 2.55. The monoisotopic (exact) mass is 494 g/mol. The number of sulfonamides is 1. The van der Waals surface area contributed by atoms with Gasteiger partial charge in [0.25, 0.3) is 5.91 Å². The van der Waals surface area contributed by atoms with Crippen molar-refractivity contribution < 1.29 is 32.3 Å². The van der Waals surface area contributed by atoms with Crippen molar-refractivity contribution in [2.45, 2.75) is 43.0 Å². The summed E-state index contributed by atoms with van der Waals surface area (Å²) in [5.41, 5.74) is -0.825. The molecular formula is C22H30N4O7S. The minimum Gasteiger partial charge on any atom is -0.495 e. The summed E-state index contributed by atoms with van der Waals surface area (Å²) in [5.74, 6) is -0.796. The Morgan fingerprint density at radius 1 is 1.26 bits per heavy atom. The summed E-state index contributed by atoms with van der Waals surface area (Å²) in [4.78, 5) is 39.4. The Balaban J connectivity index is 1.51. The minimum atomic E-state index is -3.79. The lowest BCUT2D eigenvalue weighted by molar-refractivity contribution is -0.136. The van der Waals surface area contributed by atoms with Crippen LogP contribution < -0.4 is 15.4 Å². The Bertz CT molecular complexity index is 1090. The Labute approximate surface area is 198 Å². The van der Waals surface area contributed by atoms with Crippen LogP contribution in [-0.2, 0) is 24.3 Å². The van der Waals surface area contributed by atoms with Crippen LogP contribution in [0.5, 0.6) is 5.75 Å². The van der Waals surface area contributed by atoms with Crippen molar-refractivity contribution >= 4 is 33.6 Å². The number of methoxy groups -OCH3 is 1. The van der Waals surface area contributed by atoms with E-state index in [2.05, 4.69) is 10.6 Å². The molecule has 1 saturated carbocycles. The van der Waals surface area contributed by atoms with Crippen molar-refractivity contribution in [2.24, 2.45) is 5.92 Å². The Hall–Kier alpha value is -2.70. The third kappa shape index (κ3) is 4.37. The molecule has 1 aromatic carbocycles. The van der Waals surface area contributed by atoms with Gasteiger partial charge >= 0.3 is 6.03 Å². The standard InChI is InChI=1S/C22H30N4O7S/c1-15-5-3-4-8-22(15)20(28)26(21(29)24-22)14-19(27)23-17-13-16(6-7-18(17)32-2)34(30,31)25-9-11-33-12-10-25/h6-7,13,15H,3-5,8-12,14H2,1-2H3,(H,23,27)(H,24,29)/t15-,22+/m1/s1. The van der Waals surface area contributed by atoms with Crippen LogP contribution in [0.15, 0.2) is 23.1 Å². The molecular weight excluding hydrogens is 464 g/mol. The molecule has 186 valence electrons. The number of hydrogen-bond acceptors (Lipinski definition) is 7. The van der Waals surface area contributed by atoms with Crippen molar-refractivity contribution in [2.75, 3.05) is 45.3 Å². The summed E-state index contributed by atoms with van der Waals surface area (Å²) in [6, 6.07) is 3.59. The Kier molecular flexibility index (Phi) is 6.83. The molecule has 2 heterocycles. The molecule has 11 nitrogen and oxygen atoms in total. The van der Waals surface area contributed by atoms with E-state index in [4.69, 9.17) is 9.47 Å². The van der Waals surface area contributed by atoms with E-state index >= 15 is 0 Å². The molecule has 0 radical (unpaired) electrons. The van der Waals surface area contributed by atoms with Gasteiger partial charge in [-0.05, 0) is 37.0 Å². The van der Waals surface area contributed by atoms with Gasteiger partial charge in [-0.2, -0.15) is 4.31 Å². The average molecular weight is 495 g/mol. The third-order valence-electron chi connectivity index (χ3n) is 6.86. The molecule has 3 fully saturated rings. The first-order chi connectivity index (χ1) is 16.2. The van der Waals surface area contributed by atoms with Gasteiger partial charge in [0.2, 0.25) is 15.9 Å². The van der Waals surface area contributed by atoms with Crippen LogP contribution in [0.1, 0.15) is 32.6 Å². The van der Waals surface area contributed by atoms with Crippen LogP contribution >= 0.6 is 0 Å². The summed E-state index contributed by atoms with van der Waals surface area (Å²) >= 11 is 0. The third-order valence-corrected chi connectivity index (χ3v) is 8.75. The number of nitrogens with zero attached hydrogens (tertiary/aromatic N) is 2. The van der Waals surface area contributed by atoms with Crippen LogP contribution in [0.3, 0.4) is 0 Å². The zero-order valence-electron chi connectivity index (χ0n) is 19.3. The van der Waals surface area contributed by atoms with Gasteiger partial charge in [0, 0.05) is 13.1 Å². The minimum absolute atomic E-state index is 0.00419. The van der Waals surface area contributed by atoms with Crippen LogP contribution in [0.25, 0.3) is 0 Å². The van der Waals surface area contributed by atoms with Gasteiger partial charge in [-0.3, -0.25) is 14.5 Å². The fourth-order valence-electron chi connectivity index (χ4n) is 4.85. The molecule has 2 aliphatic heterocycles. The number of amides is 4. The lowest BCUT2D eigenvalue weighted by atomic mass is 9.73. The van der Waals surface area contributed by atoms with Gasteiger partial charge in [0.1, 0.15) is 17.8 Å². The molecule has 1 spiro atoms. The zero-order valence-corrected chi connectivity index (χ0v) is 20.2. The first kappa shape index (κ1) is 24.4. The molecule has 1 aromatic rings. The maximum atomic E-state index is 13.1. The molecule has 2 saturated heterocycles. The predicted molar refractivity (Wildman–Crippen MR) is 122 cm³/mol. The predicted octanol–water partition coefficient (Wildman–Crippen LogP) is 1.16. The highest BCUT2D eigenvalue weighted by atomic mass is 32.2. The van der Waals surface area contributed by atoms with E-state index in [0.29, 0.717) is 19.6 Å². The fourth-order valence-corrected chi connectivity index (χ4v) is 6.29. The zero-order chi connectivity index (χ0) is 24.5. The highest BCUT2D eigenvalue weighted by Gasteiger charge is 2.55. The molecule has 34 heavy (non-hydrogen) atoms. The number of nitrogens with one attached hydrogen (secondary N) is 2. The van der Waals surface area contributed by atoms with Gasteiger partial charge < -0.3 is 20.1 Å². The van der Waals surface area contributed by atoms with E-state index in [0.717, 1.165) is 24.2 Å². The topological polar surface area (TPSA) is 134 Å². The van der Waals surface area contributed by atoms with Gasteiger partial charge in [-0.25, -0.2) is 13.2 Å². The molecule has 12 heteroatoms. The molecule has 1 aliphatic carbocycles. The molecule has 4 amide bonds. The van der Waals surface area contributed by atoms with E-state index in [1.165, 1.54) is 29.6 Å². The largest absolute Gasteiger partial charge is 0.495 e. The summed E-state index contributed by atoms with van der Waals surface area (Å²) in [5, 5.41) is 5.42. The van der Waals surface area contributed by atoms with Gasteiger partial charge in [0.05, 0.1) is 30.9 Å². The fraction of sp³-hybridized carbons (Fsp3) is 0.591. The average Bonchev–Trinajstić information content (AvgIpc) is 3.06. The molecule has 3 aliphatic rings. The number of rotatable bonds is 6. The van der Waals surface area contributed by atoms with Crippen LogP contribution in [-0.4, -0.2) is 81.0 Å². The van der Waals surface area contributed by atoms with Crippen LogP contribution in [0.2, 0.25) is 0 Å². The molecule has 0 unspecified atom stereocenters. The molecule has 0 aromatic heterocycles. The van der Waals surface area contributed by atoms with Crippen molar-refractivity contribution in [1.82, 2.24) is 14.5 Å². The number of hydrogen-bond donors (Lipinski definition) is 2. The smallest absolute Gasteiger partial charge is 0.325 e. The second kappa shape index (κ2) is 9.51. The van der Waals surface area contributed by atoms with Crippen molar-refractivity contribution in [3.8, 4) is 5.75 Å². The highest BCUT2D eigenvalue weighted by Crippen LogP contribution is 2.38. The van der Waals surface area contributed by atoms with Gasteiger partial charge in [-0.1, -0.05) is 19.8 Å². The normalized spacial score (nSPS) is 25.9. The molecule has 0 bridgehead atoms. The van der Waals surface area contributed by atoms with E-state index in [-0.39, 0.29) is 35.3 Å². The first-order valence-corrected chi connectivity index (χ1v) is 12.8. The number of carbonyl (C=O) groups is 3. The van der Waals surface area contributed by atoms with Crippen LogP contribution in [0.4, 0.5) is 10.5 Å². The van der Waals surface area contributed by atoms with E-state index in [1.54, 1.807) is 0 Å².